The predicted octanol–water partition coefficient (Wildman–Crippen LogP) is 4.21. The fraction of sp³-hybridized carbons (Fsp3) is 0.333. The lowest BCUT2D eigenvalue weighted by atomic mass is 9.95. The molecule has 2 N–H and O–H groups in total. The molecule has 3 aromatic carbocycles. The predicted molar refractivity (Wildman–Crippen MR) is 148 cm³/mol. The third kappa shape index (κ3) is 6.87. The van der Waals surface area contributed by atoms with Gasteiger partial charge in [-0.05, 0) is 52.1 Å². The molecule has 0 bridgehead atoms. The zero-order chi connectivity index (χ0) is 27.0. The maximum absolute atomic E-state index is 10.8. The maximum Gasteiger partial charge on any atom is 0.303 e. The second-order valence-corrected chi connectivity index (χ2v) is 9.99. The fourth-order valence-electron chi connectivity index (χ4n) is 5.24. The molecule has 1 atom stereocenters. The SMILES string of the molecule is O=C(O)CCCCn1nnnc1-c1ccc(C(c2cccc(O)c2)N2CCN(Cc3ccccc3)CC2)cc1. The van der Waals surface area contributed by atoms with Gasteiger partial charge in [-0.1, -0.05) is 66.7 Å². The number of aromatic hydroxyl groups is 1. The number of carboxylic acids is 1. The zero-order valence-electron chi connectivity index (χ0n) is 21.9. The van der Waals surface area contributed by atoms with Crippen molar-refractivity contribution in [2.75, 3.05) is 26.2 Å². The Kier molecular flexibility index (Phi) is 8.60. The van der Waals surface area contributed by atoms with Gasteiger partial charge in [0.1, 0.15) is 5.75 Å². The summed E-state index contributed by atoms with van der Waals surface area (Å²) in [6.45, 7) is 5.30. The van der Waals surface area contributed by atoms with Crippen LogP contribution in [0.3, 0.4) is 0 Å². The van der Waals surface area contributed by atoms with Crippen LogP contribution in [0.5, 0.6) is 5.75 Å². The number of hydrogen-bond donors (Lipinski definition) is 2. The largest absolute Gasteiger partial charge is 0.508 e. The van der Waals surface area contributed by atoms with Crippen molar-refractivity contribution in [1.29, 1.82) is 0 Å². The molecule has 1 saturated heterocycles. The third-order valence-electron chi connectivity index (χ3n) is 7.23. The molecule has 39 heavy (non-hydrogen) atoms. The highest BCUT2D eigenvalue weighted by Crippen LogP contribution is 2.32. The highest BCUT2D eigenvalue weighted by molar-refractivity contribution is 5.66. The molecule has 0 amide bonds. The summed E-state index contributed by atoms with van der Waals surface area (Å²) in [4.78, 5) is 15.8. The van der Waals surface area contributed by atoms with Gasteiger partial charge in [-0.3, -0.25) is 14.6 Å². The van der Waals surface area contributed by atoms with Gasteiger partial charge in [0.2, 0.25) is 0 Å². The van der Waals surface area contributed by atoms with Crippen molar-refractivity contribution in [3.05, 3.63) is 95.6 Å². The molecule has 0 aliphatic carbocycles. The molecule has 4 aromatic rings. The number of rotatable bonds is 11. The molecule has 2 heterocycles. The lowest BCUT2D eigenvalue weighted by Crippen LogP contribution is -2.47. The molecule has 9 heteroatoms. The number of nitrogens with zero attached hydrogens (tertiary/aromatic N) is 6. The first kappa shape index (κ1) is 26.5. The standard InChI is InChI=1S/C30H34N6O3/c37-27-10-6-9-26(21-27)29(35-19-17-34(18-20-35)22-23-7-2-1-3-8-23)24-12-14-25(15-13-24)30-31-32-33-36(30)16-5-4-11-28(38)39/h1-3,6-10,12-15,21,29,37H,4-5,11,16-20,22H2,(H,38,39). The molecule has 0 saturated carbocycles. The average molecular weight is 527 g/mol. The number of aromatic nitrogens is 4. The number of phenols is 1. The minimum absolute atomic E-state index is 0.0111. The number of phenolic OH excluding ortho intramolecular Hbond substituents is 1. The lowest BCUT2D eigenvalue weighted by molar-refractivity contribution is -0.137. The number of unbranched alkanes of at least 4 members (excludes halogenated alkanes) is 1. The molecular formula is C30H34N6O3. The van der Waals surface area contributed by atoms with E-state index in [1.165, 1.54) is 5.56 Å². The van der Waals surface area contributed by atoms with Crippen LogP contribution in [-0.4, -0.2) is 72.4 Å². The van der Waals surface area contributed by atoms with Crippen LogP contribution < -0.4 is 0 Å². The highest BCUT2D eigenvalue weighted by atomic mass is 16.4. The van der Waals surface area contributed by atoms with Crippen LogP contribution in [0.2, 0.25) is 0 Å². The summed E-state index contributed by atoms with van der Waals surface area (Å²) in [5, 5.41) is 31.3. The summed E-state index contributed by atoms with van der Waals surface area (Å²) in [5.41, 5.74) is 4.43. The Morgan fingerprint density at radius 1 is 0.872 bits per heavy atom. The minimum atomic E-state index is -0.790. The van der Waals surface area contributed by atoms with E-state index in [1.807, 2.05) is 24.3 Å². The molecule has 5 rings (SSSR count). The number of aryl methyl sites for hydroxylation is 1. The monoisotopic (exact) mass is 526 g/mol. The number of carboxylic acid groups (broad SMARTS) is 1. The Bertz CT molecular complexity index is 1350. The lowest BCUT2D eigenvalue weighted by Gasteiger charge is -2.40. The number of benzene rings is 3. The van der Waals surface area contributed by atoms with Crippen molar-refractivity contribution in [2.24, 2.45) is 0 Å². The second kappa shape index (κ2) is 12.6. The summed E-state index contributed by atoms with van der Waals surface area (Å²) in [7, 11) is 0. The van der Waals surface area contributed by atoms with Crippen LogP contribution in [0.1, 0.15) is 42.0 Å². The van der Waals surface area contributed by atoms with E-state index in [0.29, 0.717) is 25.2 Å². The smallest absolute Gasteiger partial charge is 0.303 e. The molecule has 1 aliphatic rings. The molecule has 0 spiro atoms. The van der Waals surface area contributed by atoms with Crippen molar-refractivity contribution in [1.82, 2.24) is 30.0 Å². The average Bonchev–Trinajstić information content (AvgIpc) is 3.42. The normalized spacial score (nSPS) is 15.3. The first-order chi connectivity index (χ1) is 19.1. The molecule has 0 radical (unpaired) electrons. The summed E-state index contributed by atoms with van der Waals surface area (Å²) in [5.74, 6) is 0.139. The Balaban J connectivity index is 1.31. The second-order valence-electron chi connectivity index (χ2n) is 9.99. The van der Waals surface area contributed by atoms with E-state index < -0.39 is 5.97 Å². The van der Waals surface area contributed by atoms with Crippen LogP contribution >= 0.6 is 0 Å². The van der Waals surface area contributed by atoms with Gasteiger partial charge in [0.05, 0.1) is 6.04 Å². The van der Waals surface area contributed by atoms with Crippen LogP contribution in [0.4, 0.5) is 0 Å². The van der Waals surface area contributed by atoms with E-state index >= 15 is 0 Å². The maximum atomic E-state index is 10.8. The summed E-state index contributed by atoms with van der Waals surface area (Å²) in [6.07, 6.45) is 1.42. The fourth-order valence-corrected chi connectivity index (χ4v) is 5.24. The van der Waals surface area contributed by atoms with Gasteiger partial charge >= 0.3 is 5.97 Å². The highest BCUT2D eigenvalue weighted by Gasteiger charge is 2.27. The molecular weight excluding hydrogens is 492 g/mol. The third-order valence-corrected chi connectivity index (χ3v) is 7.23. The molecule has 1 fully saturated rings. The Labute approximate surface area is 228 Å². The first-order valence-corrected chi connectivity index (χ1v) is 13.4. The van der Waals surface area contributed by atoms with Crippen LogP contribution in [0.15, 0.2) is 78.9 Å². The molecule has 1 unspecified atom stereocenters. The quantitative estimate of drug-likeness (QED) is 0.280. The molecule has 9 nitrogen and oxygen atoms in total. The van der Waals surface area contributed by atoms with Crippen LogP contribution in [-0.2, 0) is 17.9 Å². The van der Waals surface area contributed by atoms with Gasteiger partial charge in [-0.15, -0.1) is 5.10 Å². The van der Waals surface area contributed by atoms with Gasteiger partial charge in [0.15, 0.2) is 5.82 Å². The van der Waals surface area contributed by atoms with E-state index in [9.17, 15) is 9.90 Å². The van der Waals surface area contributed by atoms with Gasteiger partial charge in [-0.2, -0.15) is 0 Å². The number of piperazine rings is 1. The number of carbonyl (C=O) groups is 1. The zero-order valence-corrected chi connectivity index (χ0v) is 21.9. The van der Waals surface area contributed by atoms with E-state index in [4.69, 9.17) is 5.11 Å². The van der Waals surface area contributed by atoms with Crippen molar-refractivity contribution in [2.45, 2.75) is 38.4 Å². The van der Waals surface area contributed by atoms with Crippen LogP contribution in [0, 0.1) is 0 Å². The van der Waals surface area contributed by atoms with E-state index in [2.05, 4.69) is 73.9 Å². The van der Waals surface area contributed by atoms with Gasteiger partial charge < -0.3 is 10.2 Å². The number of aliphatic carboxylic acids is 1. The summed E-state index contributed by atoms with van der Waals surface area (Å²) < 4.78 is 1.73. The number of hydrogen-bond acceptors (Lipinski definition) is 7. The molecule has 1 aromatic heterocycles. The first-order valence-electron chi connectivity index (χ1n) is 13.4. The minimum Gasteiger partial charge on any atom is -0.508 e. The van der Waals surface area contributed by atoms with E-state index in [1.54, 1.807) is 10.7 Å². The van der Waals surface area contributed by atoms with E-state index in [-0.39, 0.29) is 18.2 Å². The molecule has 202 valence electrons. The Morgan fingerprint density at radius 2 is 1.64 bits per heavy atom. The Hall–Kier alpha value is -4.08. The van der Waals surface area contributed by atoms with Crippen molar-refractivity contribution >= 4 is 5.97 Å². The van der Waals surface area contributed by atoms with Gasteiger partial charge in [0, 0.05) is 51.3 Å². The Morgan fingerprint density at radius 3 is 2.36 bits per heavy atom. The topological polar surface area (TPSA) is 108 Å². The van der Waals surface area contributed by atoms with Crippen molar-refractivity contribution < 1.29 is 15.0 Å². The van der Waals surface area contributed by atoms with Crippen molar-refractivity contribution in [3.8, 4) is 17.1 Å². The number of tetrazole rings is 1. The van der Waals surface area contributed by atoms with Gasteiger partial charge in [0.25, 0.3) is 0 Å². The summed E-state index contributed by atoms with van der Waals surface area (Å²) >= 11 is 0. The van der Waals surface area contributed by atoms with Crippen molar-refractivity contribution in [3.63, 3.8) is 0 Å². The van der Waals surface area contributed by atoms with Crippen LogP contribution in [0.25, 0.3) is 11.4 Å². The summed E-state index contributed by atoms with van der Waals surface area (Å²) in [6, 6.07) is 26.4. The van der Waals surface area contributed by atoms with Gasteiger partial charge in [-0.25, -0.2) is 4.68 Å². The molecule has 1 aliphatic heterocycles. The van der Waals surface area contributed by atoms with E-state index in [0.717, 1.165) is 49.4 Å².